The maximum Gasteiger partial charge on any atom is 0.228 e. The van der Waals surface area contributed by atoms with E-state index in [2.05, 4.69) is 24.4 Å². The number of rotatable bonds is 5. The molecule has 22 heavy (non-hydrogen) atoms. The maximum absolute atomic E-state index is 12.3. The van der Waals surface area contributed by atoms with E-state index in [1.807, 2.05) is 36.4 Å². The van der Waals surface area contributed by atoms with E-state index in [-0.39, 0.29) is 11.8 Å². The predicted molar refractivity (Wildman–Crippen MR) is 88.3 cm³/mol. The monoisotopic (exact) mass is 295 g/mol. The number of aryl methyl sites for hydroxylation is 1. The molecule has 3 nitrogen and oxygen atoms in total. The average molecular weight is 295 g/mol. The van der Waals surface area contributed by atoms with Gasteiger partial charge in [-0.25, -0.2) is 0 Å². The van der Waals surface area contributed by atoms with Crippen molar-refractivity contribution in [2.24, 2.45) is 5.92 Å². The number of hydrogen-bond donors (Lipinski definition) is 1. The van der Waals surface area contributed by atoms with Crippen molar-refractivity contribution in [1.29, 1.82) is 0 Å². The lowest BCUT2D eigenvalue weighted by Gasteiger charge is -2.06. The van der Waals surface area contributed by atoms with Crippen molar-refractivity contribution in [2.45, 2.75) is 25.7 Å². The van der Waals surface area contributed by atoms with Gasteiger partial charge in [0.1, 0.15) is 5.75 Å². The van der Waals surface area contributed by atoms with Crippen LogP contribution >= 0.6 is 0 Å². The zero-order valence-electron chi connectivity index (χ0n) is 13.0. The first-order valence-electron chi connectivity index (χ1n) is 7.75. The Kier molecular flexibility index (Phi) is 4.14. The Morgan fingerprint density at radius 1 is 1.14 bits per heavy atom. The minimum absolute atomic E-state index is 0.0826. The molecular formula is C19H21NO2. The quantitative estimate of drug-likeness (QED) is 0.905. The van der Waals surface area contributed by atoms with E-state index in [4.69, 9.17) is 4.74 Å². The van der Waals surface area contributed by atoms with Crippen molar-refractivity contribution >= 4 is 11.6 Å². The van der Waals surface area contributed by atoms with E-state index >= 15 is 0 Å². The fourth-order valence-corrected chi connectivity index (χ4v) is 2.76. The van der Waals surface area contributed by atoms with Gasteiger partial charge < -0.3 is 10.1 Å². The number of carbonyl (C=O) groups is 1. The molecule has 1 aliphatic carbocycles. The third kappa shape index (κ3) is 3.14. The highest BCUT2D eigenvalue weighted by molar-refractivity contribution is 5.95. The fraction of sp³-hybridized carbons (Fsp3) is 0.316. The molecule has 2 aromatic carbocycles. The smallest absolute Gasteiger partial charge is 0.228 e. The molecular weight excluding hydrogens is 274 g/mol. The van der Waals surface area contributed by atoms with Crippen LogP contribution in [0.15, 0.2) is 48.5 Å². The van der Waals surface area contributed by atoms with Crippen LogP contribution in [0.25, 0.3) is 0 Å². The molecule has 0 radical (unpaired) electrons. The highest BCUT2D eigenvalue weighted by Crippen LogP contribution is 2.48. The van der Waals surface area contributed by atoms with Crippen LogP contribution in [0.4, 0.5) is 5.69 Å². The molecule has 114 valence electrons. The second-order valence-electron chi connectivity index (χ2n) is 5.76. The summed E-state index contributed by atoms with van der Waals surface area (Å²) < 4.78 is 5.16. The first kappa shape index (κ1) is 14.6. The van der Waals surface area contributed by atoms with Gasteiger partial charge >= 0.3 is 0 Å². The second kappa shape index (κ2) is 6.22. The molecule has 1 saturated carbocycles. The summed E-state index contributed by atoms with van der Waals surface area (Å²) in [7, 11) is 1.66. The van der Waals surface area contributed by atoms with Gasteiger partial charge in [0.05, 0.1) is 7.11 Å². The molecule has 0 aliphatic heterocycles. The van der Waals surface area contributed by atoms with Crippen molar-refractivity contribution in [3.05, 3.63) is 59.7 Å². The molecule has 0 saturated heterocycles. The SMILES string of the molecule is CCc1ccc(NC(=O)C2CC2c2ccc(OC)cc2)cc1. The molecule has 0 aromatic heterocycles. The zero-order chi connectivity index (χ0) is 15.5. The highest BCUT2D eigenvalue weighted by Gasteiger charge is 2.43. The average Bonchev–Trinajstić information content (AvgIpc) is 3.36. The fourth-order valence-electron chi connectivity index (χ4n) is 2.76. The van der Waals surface area contributed by atoms with Crippen LogP contribution in [0.1, 0.15) is 30.4 Å². The van der Waals surface area contributed by atoms with Crippen molar-refractivity contribution in [3.8, 4) is 5.75 Å². The Balaban J connectivity index is 1.59. The Morgan fingerprint density at radius 2 is 1.82 bits per heavy atom. The minimum Gasteiger partial charge on any atom is -0.497 e. The molecule has 2 aromatic rings. The third-order valence-electron chi connectivity index (χ3n) is 4.30. The summed E-state index contributed by atoms with van der Waals surface area (Å²) in [5.41, 5.74) is 3.37. The lowest BCUT2D eigenvalue weighted by Crippen LogP contribution is -2.14. The minimum atomic E-state index is 0.0826. The summed E-state index contributed by atoms with van der Waals surface area (Å²) >= 11 is 0. The molecule has 2 atom stereocenters. The molecule has 2 unspecified atom stereocenters. The standard InChI is InChI=1S/C19H21NO2/c1-3-13-4-8-15(9-5-13)20-19(21)18-12-17(18)14-6-10-16(22-2)11-7-14/h4-11,17-18H,3,12H2,1-2H3,(H,20,21). The number of amides is 1. The molecule has 1 N–H and O–H groups in total. The summed E-state index contributed by atoms with van der Waals surface area (Å²) in [6, 6.07) is 16.1. The van der Waals surface area contributed by atoms with Gasteiger partial charge in [0.15, 0.2) is 0 Å². The van der Waals surface area contributed by atoms with Crippen LogP contribution < -0.4 is 10.1 Å². The summed E-state index contributed by atoms with van der Waals surface area (Å²) in [4.78, 5) is 12.3. The van der Waals surface area contributed by atoms with Gasteiger partial charge in [-0.15, -0.1) is 0 Å². The van der Waals surface area contributed by atoms with E-state index in [1.54, 1.807) is 7.11 Å². The molecule has 3 rings (SSSR count). The summed E-state index contributed by atoms with van der Waals surface area (Å²) in [5.74, 6) is 1.38. The largest absolute Gasteiger partial charge is 0.497 e. The molecule has 1 amide bonds. The second-order valence-corrected chi connectivity index (χ2v) is 5.76. The number of ether oxygens (including phenoxy) is 1. The van der Waals surface area contributed by atoms with Crippen LogP contribution in [0.5, 0.6) is 5.75 Å². The number of carbonyl (C=O) groups excluding carboxylic acids is 1. The third-order valence-corrected chi connectivity index (χ3v) is 4.30. The van der Waals surface area contributed by atoms with E-state index < -0.39 is 0 Å². The van der Waals surface area contributed by atoms with E-state index in [9.17, 15) is 4.79 Å². The van der Waals surface area contributed by atoms with Gasteiger partial charge in [-0.1, -0.05) is 31.2 Å². The first-order chi connectivity index (χ1) is 10.7. The van der Waals surface area contributed by atoms with Crippen molar-refractivity contribution in [2.75, 3.05) is 12.4 Å². The maximum atomic E-state index is 12.3. The van der Waals surface area contributed by atoms with Crippen molar-refractivity contribution < 1.29 is 9.53 Å². The lowest BCUT2D eigenvalue weighted by molar-refractivity contribution is -0.117. The van der Waals surface area contributed by atoms with Crippen molar-refractivity contribution in [3.63, 3.8) is 0 Å². The molecule has 0 heterocycles. The van der Waals surface area contributed by atoms with Gasteiger partial charge in [-0.05, 0) is 54.2 Å². The van der Waals surface area contributed by atoms with E-state index in [0.29, 0.717) is 5.92 Å². The lowest BCUT2D eigenvalue weighted by atomic mass is 10.1. The van der Waals surface area contributed by atoms with Gasteiger partial charge in [-0.2, -0.15) is 0 Å². The Bertz CT molecular complexity index is 646. The zero-order valence-corrected chi connectivity index (χ0v) is 13.0. The molecule has 3 heteroatoms. The number of nitrogens with one attached hydrogen (secondary N) is 1. The molecule has 0 bridgehead atoms. The van der Waals surface area contributed by atoms with Crippen LogP contribution in [-0.2, 0) is 11.2 Å². The van der Waals surface area contributed by atoms with E-state index in [0.717, 1.165) is 24.3 Å². The number of anilines is 1. The predicted octanol–water partition coefficient (Wildman–Crippen LogP) is 4.00. The molecule has 1 aliphatic rings. The first-order valence-corrected chi connectivity index (χ1v) is 7.75. The Hall–Kier alpha value is -2.29. The molecule has 1 fully saturated rings. The van der Waals surface area contributed by atoms with Gasteiger partial charge in [-0.3, -0.25) is 4.79 Å². The van der Waals surface area contributed by atoms with E-state index in [1.165, 1.54) is 11.1 Å². The number of hydrogen-bond acceptors (Lipinski definition) is 2. The summed E-state index contributed by atoms with van der Waals surface area (Å²) in [5, 5.41) is 3.01. The Morgan fingerprint density at radius 3 is 2.41 bits per heavy atom. The summed E-state index contributed by atoms with van der Waals surface area (Å²) in [6.07, 6.45) is 1.93. The number of methoxy groups -OCH3 is 1. The van der Waals surface area contributed by atoms with Crippen molar-refractivity contribution in [1.82, 2.24) is 0 Å². The van der Waals surface area contributed by atoms with Crippen LogP contribution in [-0.4, -0.2) is 13.0 Å². The molecule has 0 spiro atoms. The summed E-state index contributed by atoms with van der Waals surface area (Å²) in [6.45, 7) is 2.12. The highest BCUT2D eigenvalue weighted by atomic mass is 16.5. The van der Waals surface area contributed by atoms with Gasteiger partial charge in [0.25, 0.3) is 0 Å². The normalized spacial score (nSPS) is 19.5. The van der Waals surface area contributed by atoms with Crippen LogP contribution in [0.2, 0.25) is 0 Å². The Labute approximate surface area is 131 Å². The van der Waals surface area contributed by atoms with Crippen LogP contribution in [0, 0.1) is 5.92 Å². The van der Waals surface area contributed by atoms with Gasteiger partial charge in [0.2, 0.25) is 5.91 Å². The topological polar surface area (TPSA) is 38.3 Å². The number of benzene rings is 2. The van der Waals surface area contributed by atoms with Crippen LogP contribution in [0.3, 0.4) is 0 Å². The van der Waals surface area contributed by atoms with Gasteiger partial charge in [0, 0.05) is 11.6 Å².